The normalized spacial score (nSPS) is 10.5. The van der Waals surface area contributed by atoms with Crippen LogP contribution in [-0.4, -0.2) is 33.1 Å². The number of nitrogens with one attached hydrogen (secondary N) is 2. The van der Waals surface area contributed by atoms with Crippen LogP contribution < -0.4 is 10.6 Å². The first kappa shape index (κ1) is 26.1. The first-order valence-corrected chi connectivity index (χ1v) is 13.0. The van der Waals surface area contributed by atoms with Gasteiger partial charge in [-0.05, 0) is 35.9 Å². The van der Waals surface area contributed by atoms with E-state index >= 15 is 0 Å². The van der Waals surface area contributed by atoms with E-state index in [2.05, 4.69) is 49.8 Å². The lowest BCUT2D eigenvalue weighted by atomic mass is 10.1. The standard InChI is InChI=1S/C25H27N5O2S.C2H6.2H2/c31-22(26-15-17-30-16-14-20-10-4-5-11-21(20)30)12-6-7-13-24-28-29-25(33-24)27-23(32)18-19-8-2-1-3-9-19;1-2;;/h1-5,8-11,14,16H,6-7,12-13,15,17-18H2,(H,26,31)(H,27,29,32);1-2H3;2*1H. The van der Waals surface area contributed by atoms with Crippen molar-refractivity contribution in [3.8, 4) is 0 Å². The minimum atomic E-state index is -0.103. The van der Waals surface area contributed by atoms with Gasteiger partial charge in [0.25, 0.3) is 0 Å². The Labute approximate surface area is 213 Å². The van der Waals surface area contributed by atoms with Crippen LogP contribution in [0.3, 0.4) is 0 Å². The van der Waals surface area contributed by atoms with Gasteiger partial charge in [-0.15, -0.1) is 10.2 Å². The number of hydrogen-bond donors (Lipinski definition) is 2. The van der Waals surface area contributed by atoms with E-state index in [1.54, 1.807) is 0 Å². The first-order valence-electron chi connectivity index (χ1n) is 12.1. The maximum atomic E-state index is 12.1. The van der Waals surface area contributed by atoms with Gasteiger partial charge in [-0.25, -0.2) is 0 Å². The maximum Gasteiger partial charge on any atom is 0.230 e. The molecular weight excluding hydrogens is 458 g/mol. The molecule has 188 valence electrons. The number of rotatable bonds is 11. The third-order valence-corrected chi connectivity index (χ3v) is 6.22. The number of benzene rings is 2. The molecule has 4 rings (SSSR count). The average Bonchev–Trinajstić information content (AvgIpc) is 3.50. The Morgan fingerprint density at radius 2 is 1.71 bits per heavy atom. The third-order valence-electron chi connectivity index (χ3n) is 5.32. The van der Waals surface area contributed by atoms with Crippen molar-refractivity contribution < 1.29 is 12.4 Å². The number of carbonyl (C=O) groups excluding carboxylic acids is 2. The smallest absolute Gasteiger partial charge is 0.230 e. The van der Waals surface area contributed by atoms with Crippen LogP contribution in [0.25, 0.3) is 10.9 Å². The highest BCUT2D eigenvalue weighted by Crippen LogP contribution is 2.18. The zero-order valence-corrected chi connectivity index (χ0v) is 21.2. The Morgan fingerprint density at radius 3 is 2.54 bits per heavy atom. The fraction of sp³-hybridized carbons (Fsp3) is 0.333. The third kappa shape index (κ3) is 8.33. The van der Waals surface area contributed by atoms with Crippen LogP contribution in [0.1, 0.15) is 46.5 Å². The van der Waals surface area contributed by atoms with Crippen LogP contribution in [0.15, 0.2) is 66.9 Å². The fourth-order valence-corrected chi connectivity index (χ4v) is 4.45. The molecule has 4 aromatic rings. The number of aryl methyl sites for hydroxylation is 1. The first-order chi connectivity index (χ1) is 17.2. The van der Waals surface area contributed by atoms with E-state index < -0.39 is 0 Å². The minimum Gasteiger partial charge on any atom is -0.354 e. The van der Waals surface area contributed by atoms with Crippen LogP contribution in [0.5, 0.6) is 0 Å². The molecule has 0 aliphatic carbocycles. The molecule has 7 nitrogen and oxygen atoms in total. The lowest BCUT2D eigenvalue weighted by Gasteiger charge is -2.07. The number of aromatic nitrogens is 3. The fourth-order valence-electron chi connectivity index (χ4n) is 3.65. The Kier molecular flexibility index (Phi) is 10.4. The topological polar surface area (TPSA) is 88.9 Å². The van der Waals surface area contributed by atoms with E-state index in [9.17, 15) is 9.59 Å². The molecule has 0 saturated carbocycles. The summed E-state index contributed by atoms with van der Waals surface area (Å²) in [6.07, 6.45) is 5.24. The van der Waals surface area contributed by atoms with Crippen molar-refractivity contribution in [3.05, 3.63) is 77.4 Å². The second-order valence-corrected chi connectivity index (χ2v) is 8.90. The molecule has 0 radical (unpaired) electrons. The molecule has 2 amide bonds. The minimum absolute atomic E-state index is 0. The maximum absolute atomic E-state index is 12.1. The Balaban J connectivity index is 0.00000167. The molecule has 0 saturated heterocycles. The predicted octanol–water partition coefficient (Wildman–Crippen LogP) is 5.72. The van der Waals surface area contributed by atoms with Crippen molar-refractivity contribution in [2.75, 3.05) is 11.9 Å². The molecule has 2 aromatic heterocycles. The zero-order chi connectivity index (χ0) is 24.9. The van der Waals surface area contributed by atoms with E-state index in [0.717, 1.165) is 36.4 Å². The molecule has 0 fully saturated rings. The predicted molar refractivity (Wildman–Crippen MR) is 147 cm³/mol. The number of anilines is 1. The van der Waals surface area contributed by atoms with E-state index in [4.69, 9.17) is 0 Å². The Morgan fingerprint density at radius 1 is 0.943 bits per heavy atom. The molecule has 2 heterocycles. The number of hydrogen-bond acceptors (Lipinski definition) is 5. The summed E-state index contributed by atoms with van der Waals surface area (Å²) in [6.45, 7) is 5.36. The van der Waals surface area contributed by atoms with Gasteiger partial charge in [0.15, 0.2) is 0 Å². The van der Waals surface area contributed by atoms with Crippen molar-refractivity contribution in [1.29, 1.82) is 0 Å². The zero-order valence-electron chi connectivity index (χ0n) is 20.4. The summed E-state index contributed by atoms with van der Waals surface area (Å²) >= 11 is 1.39. The van der Waals surface area contributed by atoms with E-state index in [1.807, 2.05) is 56.3 Å². The quantitative estimate of drug-likeness (QED) is 0.260. The van der Waals surface area contributed by atoms with Gasteiger partial charge in [0.05, 0.1) is 6.42 Å². The van der Waals surface area contributed by atoms with Gasteiger partial charge in [-0.3, -0.25) is 9.59 Å². The summed E-state index contributed by atoms with van der Waals surface area (Å²) in [5.41, 5.74) is 2.14. The number of amides is 2. The van der Waals surface area contributed by atoms with E-state index in [-0.39, 0.29) is 14.7 Å². The molecule has 0 unspecified atom stereocenters. The summed E-state index contributed by atoms with van der Waals surface area (Å²) in [5, 5.41) is 16.6. The van der Waals surface area contributed by atoms with E-state index in [0.29, 0.717) is 24.5 Å². The number of para-hydroxylation sites is 1. The summed E-state index contributed by atoms with van der Waals surface area (Å²) in [5.74, 6) is -0.0360. The molecule has 0 aliphatic rings. The second-order valence-electron chi connectivity index (χ2n) is 7.84. The van der Waals surface area contributed by atoms with Crippen molar-refractivity contribution >= 4 is 39.2 Å². The highest BCUT2D eigenvalue weighted by atomic mass is 32.1. The highest BCUT2D eigenvalue weighted by Gasteiger charge is 2.09. The molecule has 2 aromatic carbocycles. The molecule has 0 spiro atoms. The Hall–Kier alpha value is -3.52. The van der Waals surface area contributed by atoms with Gasteiger partial charge in [0.2, 0.25) is 16.9 Å². The average molecular weight is 496 g/mol. The van der Waals surface area contributed by atoms with Gasteiger partial charge >= 0.3 is 0 Å². The number of unbranched alkanes of at least 4 members (excludes halogenated alkanes) is 1. The van der Waals surface area contributed by atoms with Crippen molar-refractivity contribution in [3.63, 3.8) is 0 Å². The van der Waals surface area contributed by atoms with Crippen LogP contribution in [0.2, 0.25) is 0 Å². The molecule has 0 atom stereocenters. The van der Waals surface area contributed by atoms with Crippen molar-refractivity contribution in [1.82, 2.24) is 20.1 Å². The number of fused-ring (bicyclic) bond motifs is 1. The van der Waals surface area contributed by atoms with Gasteiger partial charge in [-0.1, -0.05) is 73.7 Å². The Bertz CT molecular complexity index is 1210. The molecular formula is C27H37N5O2S. The van der Waals surface area contributed by atoms with Crippen molar-refractivity contribution in [2.45, 2.75) is 52.5 Å². The largest absolute Gasteiger partial charge is 0.354 e. The molecule has 35 heavy (non-hydrogen) atoms. The van der Waals surface area contributed by atoms with Gasteiger partial charge in [0, 0.05) is 40.5 Å². The molecule has 2 N–H and O–H groups in total. The molecule has 8 heteroatoms. The van der Waals surface area contributed by atoms with Crippen LogP contribution in [0, 0.1) is 0 Å². The van der Waals surface area contributed by atoms with Gasteiger partial charge in [0.1, 0.15) is 5.01 Å². The SMILES string of the molecule is CC.O=C(CCCCc1nnc(NC(=O)Cc2ccccc2)s1)NCCn1ccc2ccccc21.[HH].[HH]. The summed E-state index contributed by atoms with van der Waals surface area (Å²) in [7, 11) is 0. The van der Waals surface area contributed by atoms with Crippen LogP contribution >= 0.6 is 11.3 Å². The van der Waals surface area contributed by atoms with Crippen molar-refractivity contribution in [2.24, 2.45) is 0 Å². The van der Waals surface area contributed by atoms with Gasteiger partial charge < -0.3 is 15.2 Å². The number of nitrogens with zero attached hydrogens (tertiary/aromatic N) is 3. The molecule has 0 aliphatic heterocycles. The second kappa shape index (κ2) is 14.0. The number of carbonyl (C=O) groups is 2. The van der Waals surface area contributed by atoms with E-state index in [1.165, 1.54) is 22.2 Å². The molecule has 0 bridgehead atoms. The van der Waals surface area contributed by atoms with Crippen LogP contribution in [-0.2, 0) is 29.0 Å². The highest BCUT2D eigenvalue weighted by molar-refractivity contribution is 7.15. The lowest BCUT2D eigenvalue weighted by molar-refractivity contribution is -0.121. The monoisotopic (exact) mass is 495 g/mol. The summed E-state index contributed by atoms with van der Waals surface area (Å²) in [6, 6.07) is 19.9. The van der Waals surface area contributed by atoms with Gasteiger partial charge in [-0.2, -0.15) is 0 Å². The summed E-state index contributed by atoms with van der Waals surface area (Å²) < 4.78 is 2.15. The van der Waals surface area contributed by atoms with Crippen LogP contribution in [0.4, 0.5) is 5.13 Å². The summed E-state index contributed by atoms with van der Waals surface area (Å²) in [4.78, 5) is 24.3. The lowest BCUT2D eigenvalue weighted by Crippen LogP contribution is -2.26.